The molecule has 0 spiro atoms. The lowest BCUT2D eigenvalue weighted by molar-refractivity contribution is 0.217. The van der Waals surface area contributed by atoms with Crippen LogP contribution in [0.5, 0.6) is 0 Å². The molecule has 5 heteroatoms. The number of fused-ring (bicyclic) bond motifs is 1. The highest BCUT2D eigenvalue weighted by Crippen LogP contribution is 2.28. The van der Waals surface area contributed by atoms with E-state index in [1.165, 1.54) is 5.56 Å². The van der Waals surface area contributed by atoms with E-state index >= 15 is 0 Å². The van der Waals surface area contributed by atoms with E-state index in [1.54, 1.807) is 11.3 Å². The highest BCUT2D eigenvalue weighted by molar-refractivity contribution is 7.80. The molecule has 0 radical (unpaired) electrons. The first-order valence-electron chi connectivity index (χ1n) is 6.12. The molecule has 3 rings (SSSR count). The molecule has 19 heavy (non-hydrogen) atoms. The minimum atomic E-state index is 0.0956. The summed E-state index contributed by atoms with van der Waals surface area (Å²) in [7, 11) is 0. The van der Waals surface area contributed by atoms with E-state index in [2.05, 4.69) is 28.1 Å². The summed E-state index contributed by atoms with van der Waals surface area (Å²) in [4.78, 5) is 0. The predicted molar refractivity (Wildman–Crippen MR) is 84.5 cm³/mol. The van der Waals surface area contributed by atoms with Crippen molar-refractivity contribution in [3.05, 3.63) is 41.3 Å². The van der Waals surface area contributed by atoms with Gasteiger partial charge in [-0.05, 0) is 60.4 Å². The number of thiophene rings is 1. The van der Waals surface area contributed by atoms with E-state index in [1.807, 2.05) is 25.1 Å². The maximum Gasteiger partial charge on any atom is 0.261 e. The van der Waals surface area contributed by atoms with Crippen molar-refractivity contribution < 1.29 is 4.74 Å². The molecule has 1 aromatic carbocycles. The fraction of sp³-hybridized carbons (Fsp3) is 0.214. The van der Waals surface area contributed by atoms with Crippen molar-refractivity contribution in [2.75, 3.05) is 10.6 Å². The van der Waals surface area contributed by atoms with Gasteiger partial charge in [0.1, 0.15) is 6.10 Å². The fourth-order valence-corrected chi connectivity index (χ4v) is 3.04. The lowest BCUT2D eigenvalue weighted by atomic mass is 10.1. The topological polar surface area (TPSA) is 33.3 Å². The van der Waals surface area contributed by atoms with Crippen LogP contribution in [0.1, 0.15) is 12.5 Å². The molecule has 2 heterocycles. The summed E-state index contributed by atoms with van der Waals surface area (Å²) in [5.74, 6) is 0. The third-order valence-corrected chi connectivity index (χ3v) is 3.93. The van der Waals surface area contributed by atoms with E-state index in [9.17, 15) is 0 Å². The van der Waals surface area contributed by atoms with Gasteiger partial charge in [0.15, 0.2) is 0 Å². The summed E-state index contributed by atoms with van der Waals surface area (Å²) in [6.07, 6.45) is 0.945. The van der Waals surface area contributed by atoms with Crippen LogP contribution >= 0.6 is 23.6 Å². The molecule has 1 aliphatic rings. The minimum Gasteiger partial charge on any atom is -0.467 e. The number of hydrogen-bond acceptors (Lipinski definition) is 4. The Morgan fingerprint density at radius 2 is 2.32 bits per heavy atom. The van der Waals surface area contributed by atoms with Crippen molar-refractivity contribution in [2.24, 2.45) is 0 Å². The highest BCUT2D eigenvalue weighted by atomic mass is 32.1. The van der Waals surface area contributed by atoms with Crippen LogP contribution < -0.4 is 10.6 Å². The van der Waals surface area contributed by atoms with Gasteiger partial charge in [0.25, 0.3) is 5.17 Å². The number of anilines is 3. The zero-order chi connectivity index (χ0) is 13.2. The molecule has 0 fully saturated rings. The van der Waals surface area contributed by atoms with E-state index < -0.39 is 0 Å². The van der Waals surface area contributed by atoms with Crippen LogP contribution in [0.2, 0.25) is 0 Å². The highest BCUT2D eigenvalue weighted by Gasteiger charge is 2.17. The molecule has 1 unspecified atom stereocenters. The predicted octanol–water partition coefficient (Wildman–Crippen LogP) is 4.15. The molecule has 1 atom stereocenters. The van der Waals surface area contributed by atoms with Gasteiger partial charge in [0.05, 0.1) is 5.00 Å². The lowest BCUT2D eigenvalue weighted by Gasteiger charge is -2.10. The molecule has 1 aromatic heterocycles. The summed E-state index contributed by atoms with van der Waals surface area (Å²) in [5.41, 5.74) is 3.34. The Morgan fingerprint density at radius 3 is 3.11 bits per heavy atom. The number of ether oxygens (including phenoxy) is 1. The summed E-state index contributed by atoms with van der Waals surface area (Å²) in [6, 6.07) is 10.3. The van der Waals surface area contributed by atoms with Crippen LogP contribution in [0, 0.1) is 0 Å². The molecule has 3 nitrogen and oxygen atoms in total. The SMILES string of the molecule is CC1Cc2cc(Nc3cccs3)ccc2NC(=S)O1. The van der Waals surface area contributed by atoms with Gasteiger partial charge in [-0.25, -0.2) is 0 Å². The second-order valence-corrected chi connectivity index (χ2v) is 5.84. The Hall–Kier alpha value is -1.59. The Bertz CT molecular complexity index is 595. The zero-order valence-corrected chi connectivity index (χ0v) is 12.1. The van der Waals surface area contributed by atoms with Crippen molar-refractivity contribution in [3.8, 4) is 0 Å². The van der Waals surface area contributed by atoms with Crippen molar-refractivity contribution in [2.45, 2.75) is 19.4 Å². The lowest BCUT2D eigenvalue weighted by Crippen LogP contribution is -2.16. The first-order chi connectivity index (χ1) is 9.20. The molecule has 0 saturated heterocycles. The van der Waals surface area contributed by atoms with Gasteiger partial charge in [-0.1, -0.05) is 0 Å². The Morgan fingerprint density at radius 1 is 1.42 bits per heavy atom. The average Bonchev–Trinajstić information content (AvgIpc) is 2.79. The molecule has 0 saturated carbocycles. The van der Waals surface area contributed by atoms with Crippen molar-refractivity contribution in [1.82, 2.24) is 0 Å². The molecule has 0 bridgehead atoms. The number of benzene rings is 1. The average molecular weight is 290 g/mol. The number of hydrogen-bond donors (Lipinski definition) is 2. The number of thiocarbonyl (C=S) groups is 1. The van der Waals surface area contributed by atoms with Crippen LogP contribution in [0.3, 0.4) is 0 Å². The van der Waals surface area contributed by atoms with Crippen molar-refractivity contribution in [1.29, 1.82) is 0 Å². The zero-order valence-electron chi connectivity index (χ0n) is 10.5. The molecule has 98 valence electrons. The first kappa shape index (κ1) is 12.4. The third-order valence-electron chi connectivity index (χ3n) is 2.95. The molecular weight excluding hydrogens is 276 g/mol. The van der Waals surface area contributed by atoms with Gasteiger partial charge in [-0.15, -0.1) is 11.3 Å². The van der Waals surface area contributed by atoms with E-state index in [-0.39, 0.29) is 6.10 Å². The van der Waals surface area contributed by atoms with Crippen molar-refractivity contribution >= 4 is 45.1 Å². The summed E-state index contributed by atoms with van der Waals surface area (Å²) >= 11 is 6.81. The summed E-state index contributed by atoms with van der Waals surface area (Å²) < 4.78 is 5.54. The second-order valence-electron chi connectivity index (χ2n) is 4.52. The van der Waals surface area contributed by atoms with Crippen LogP contribution in [0.15, 0.2) is 35.7 Å². The monoisotopic (exact) mass is 290 g/mol. The Kier molecular flexibility index (Phi) is 3.40. The van der Waals surface area contributed by atoms with Crippen LogP contribution in [-0.4, -0.2) is 11.3 Å². The Labute approximate surface area is 121 Å². The van der Waals surface area contributed by atoms with Gasteiger partial charge in [-0.2, -0.15) is 0 Å². The van der Waals surface area contributed by atoms with Crippen LogP contribution in [0.4, 0.5) is 16.4 Å². The maximum absolute atomic E-state index is 5.54. The largest absolute Gasteiger partial charge is 0.467 e. The molecular formula is C14H14N2OS2. The first-order valence-corrected chi connectivity index (χ1v) is 7.40. The second kappa shape index (κ2) is 5.19. The fourth-order valence-electron chi connectivity index (χ4n) is 2.13. The molecule has 1 aliphatic heterocycles. The third kappa shape index (κ3) is 2.88. The van der Waals surface area contributed by atoms with Gasteiger partial charge >= 0.3 is 0 Å². The van der Waals surface area contributed by atoms with Crippen LogP contribution in [-0.2, 0) is 11.2 Å². The van der Waals surface area contributed by atoms with Gasteiger partial charge in [0, 0.05) is 17.8 Å². The standard InChI is InChI=1S/C14H14N2OS2/c1-9-7-10-8-11(15-13-3-2-6-19-13)4-5-12(10)16-14(18)17-9/h2-6,8-9,15H,7H2,1H3,(H,16,18). The smallest absolute Gasteiger partial charge is 0.261 e. The number of nitrogens with one attached hydrogen (secondary N) is 2. The molecule has 0 amide bonds. The molecule has 2 aromatic rings. The van der Waals surface area contributed by atoms with E-state index in [0.717, 1.165) is 22.8 Å². The Balaban J connectivity index is 1.88. The van der Waals surface area contributed by atoms with E-state index in [0.29, 0.717) is 5.17 Å². The van der Waals surface area contributed by atoms with Gasteiger partial charge in [0.2, 0.25) is 0 Å². The normalized spacial score (nSPS) is 17.9. The maximum atomic E-state index is 5.54. The molecule has 0 aliphatic carbocycles. The summed E-state index contributed by atoms with van der Waals surface area (Å²) in [5, 5.41) is 10.2. The number of rotatable bonds is 2. The molecule has 2 N–H and O–H groups in total. The van der Waals surface area contributed by atoms with Crippen molar-refractivity contribution in [3.63, 3.8) is 0 Å². The van der Waals surface area contributed by atoms with Crippen LogP contribution in [0.25, 0.3) is 0 Å². The quantitative estimate of drug-likeness (QED) is 0.814. The summed E-state index contributed by atoms with van der Waals surface area (Å²) in [6.45, 7) is 2.03. The van der Waals surface area contributed by atoms with E-state index in [4.69, 9.17) is 17.0 Å². The van der Waals surface area contributed by atoms with Gasteiger partial charge in [-0.3, -0.25) is 0 Å². The minimum absolute atomic E-state index is 0.0956. The van der Waals surface area contributed by atoms with Gasteiger partial charge < -0.3 is 15.4 Å².